The SMILES string of the molecule is CC(C)(C)c1ccc(Nc2cc3oc4cc5c(cc4c3cc2-c2ccc3c4c6c(ccc4n4c3c2[B]c2cc3c(cc2-4)oc2ccccc23)oc2ccccc26)C(C)(C)CCC5(C)C)cc1. The molecular weight excluding hydrogens is 807 g/mol. The molecule has 5 heterocycles. The number of fused-ring (bicyclic) bond motifs is 16. The van der Waals surface area contributed by atoms with Crippen LogP contribution in [0.2, 0.25) is 0 Å². The lowest BCUT2D eigenvalue weighted by Gasteiger charge is -2.41. The van der Waals surface area contributed by atoms with Crippen molar-refractivity contribution >= 4 is 117 Å². The van der Waals surface area contributed by atoms with Gasteiger partial charge in [0.05, 0.1) is 11.2 Å². The molecule has 0 saturated carbocycles. The van der Waals surface area contributed by atoms with Crippen molar-refractivity contribution in [2.75, 3.05) is 5.32 Å². The summed E-state index contributed by atoms with van der Waals surface area (Å²) in [7, 11) is 2.42. The highest BCUT2D eigenvalue weighted by atomic mass is 16.3. The van der Waals surface area contributed by atoms with Crippen LogP contribution in [0.25, 0.3) is 104 Å². The van der Waals surface area contributed by atoms with E-state index in [1.54, 1.807) is 0 Å². The van der Waals surface area contributed by atoms with Gasteiger partial charge in [-0.3, -0.25) is 0 Å². The summed E-state index contributed by atoms with van der Waals surface area (Å²) in [4.78, 5) is 0. The number of para-hydroxylation sites is 2. The molecule has 0 bridgehead atoms. The lowest BCUT2D eigenvalue weighted by molar-refractivity contribution is 0.332. The lowest BCUT2D eigenvalue weighted by atomic mass is 9.59. The number of aromatic nitrogens is 1. The van der Waals surface area contributed by atoms with Crippen LogP contribution in [0.5, 0.6) is 0 Å². The van der Waals surface area contributed by atoms with E-state index in [1.807, 2.05) is 6.07 Å². The van der Waals surface area contributed by atoms with Crippen molar-refractivity contribution in [2.45, 2.75) is 77.6 Å². The molecule has 1 aliphatic carbocycles. The van der Waals surface area contributed by atoms with Crippen LogP contribution in [0.15, 0.2) is 147 Å². The van der Waals surface area contributed by atoms with Crippen molar-refractivity contribution in [1.82, 2.24) is 4.57 Å². The normalized spacial score (nSPS) is 15.4. The van der Waals surface area contributed by atoms with Crippen LogP contribution in [-0.4, -0.2) is 11.8 Å². The quantitative estimate of drug-likeness (QED) is 0.180. The maximum Gasteiger partial charge on any atom is 0.197 e. The number of benzene rings is 8. The Bertz CT molecular complexity index is 4090. The largest absolute Gasteiger partial charge is 0.456 e. The molecule has 0 unspecified atom stereocenters. The number of anilines is 2. The standard InChI is InChI=1S/C60H48BN2O3/c1-58(2,3)32-16-18-33(19-17-32)62-45-30-52-39(40-27-42-43(29-51(40)66-52)60(6,7)25-24-59(42,4)5)26-38(45)35-20-21-37-54-46(22-23-50-55(54)36-13-9-11-15-49(36)64-50)63-47-31-53-41(28-44(47)61-56(35)57(37)63)34-12-8-10-14-48(34)65-53/h8-23,26-31,62H,24-25H2,1-7H3. The van der Waals surface area contributed by atoms with Crippen LogP contribution < -0.4 is 16.2 Å². The van der Waals surface area contributed by atoms with Crippen LogP contribution in [0, 0.1) is 0 Å². The van der Waals surface area contributed by atoms with Crippen molar-refractivity contribution in [1.29, 1.82) is 0 Å². The molecule has 66 heavy (non-hydrogen) atoms. The Morgan fingerprint density at radius 1 is 0.530 bits per heavy atom. The minimum Gasteiger partial charge on any atom is -0.456 e. The summed E-state index contributed by atoms with van der Waals surface area (Å²) in [6, 6.07) is 48.8. The third-order valence-electron chi connectivity index (χ3n) is 15.4. The van der Waals surface area contributed by atoms with E-state index in [9.17, 15) is 0 Å². The summed E-state index contributed by atoms with van der Waals surface area (Å²) in [5, 5.41) is 13.1. The van der Waals surface area contributed by atoms with Crippen molar-refractivity contribution in [3.05, 3.63) is 150 Å². The minimum atomic E-state index is 0.0461. The van der Waals surface area contributed by atoms with Gasteiger partial charge in [-0.05, 0) is 111 Å². The summed E-state index contributed by atoms with van der Waals surface area (Å²) in [6.07, 6.45) is 2.30. The first-order valence-electron chi connectivity index (χ1n) is 23.4. The van der Waals surface area contributed by atoms with E-state index in [-0.39, 0.29) is 16.2 Å². The molecule has 1 aliphatic heterocycles. The minimum absolute atomic E-state index is 0.0461. The number of hydrogen-bond acceptors (Lipinski definition) is 4. The van der Waals surface area contributed by atoms with E-state index in [1.165, 1.54) is 43.8 Å². The van der Waals surface area contributed by atoms with Crippen molar-refractivity contribution in [2.24, 2.45) is 0 Å². The fourth-order valence-electron chi connectivity index (χ4n) is 11.7. The summed E-state index contributed by atoms with van der Waals surface area (Å²) < 4.78 is 22.5. The summed E-state index contributed by atoms with van der Waals surface area (Å²) >= 11 is 0. The van der Waals surface area contributed by atoms with Crippen LogP contribution in [-0.2, 0) is 16.2 Å². The zero-order valence-electron chi connectivity index (χ0n) is 38.4. The van der Waals surface area contributed by atoms with Gasteiger partial charge < -0.3 is 23.1 Å². The predicted octanol–water partition coefficient (Wildman–Crippen LogP) is 15.5. The van der Waals surface area contributed by atoms with Gasteiger partial charge in [0.1, 0.15) is 33.5 Å². The molecule has 14 rings (SSSR count). The first-order chi connectivity index (χ1) is 31.8. The van der Waals surface area contributed by atoms with Gasteiger partial charge in [-0.25, -0.2) is 0 Å². The Morgan fingerprint density at radius 3 is 1.94 bits per heavy atom. The second-order valence-corrected chi connectivity index (χ2v) is 21.4. The Labute approximate surface area is 383 Å². The molecule has 0 spiro atoms. The van der Waals surface area contributed by atoms with Gasteiger partial charge in [0.15, 0.2) is 7.28 Å². The van der Waals surface area contributed by atoms with Gasteiger partial charge in [0, 0.05) is 77.7 Å². The number of rotatable bonds is 3. The molecule has 0 fully saturated rings. The third kappa shape index (κ3) is 5.24. The molecule has 1 radical (unpaired) electrons. The molecule has 6 heteroatoms. The molecule has 5 nitrogen and oxygen atoms in total. The van der Waals surface area contributed by atoms with Crippen LogP contribution in [0.3, 0.4) is 0 Å². The maximum atomic E-state index is 6.92. The van der Waals surface area contributed by atoms with E-state index in [4.69, 9.17) is 13.3 Å². The van der Waals surface area contributed by atoms with Gasteiger partial charge in [-0.15, -0.1) is 0 Å². The van der Waals surface area contributed by atoms with E-state index < -0.39 is 0 Å². The second-order valence-electron chi connectivity index (χ2n) is 21.4. The summed E-state index contributed by atoms with van der Waals surface area (Å²) in [6.45, 7) is 16.4. The van der Waals surface area contributed by atoms with Crippen LogP contribution in [0.4, 0.5) is 11.4 Å². The molecule has 12 aromatic rings. The zero-order valence-corrected chi connectivity index (χ0v) is 38.4. The Kier molecular flexibility index (Phi) is 7.39. The Morgan fingerprint density at radius 2 is 1.17 bits per heavy atom. The molecule has 2 aliphatic rings. The molecule has 1 N–H and O–H groups in total. The second kappa shape index (κ2) is 12.8. The third-order valence-corrected chi connectivity index (χ3v) is 15.4. The lowest BCUT2D eigenvalue weighted by Crippen LogP contribution is -2.37. The first kappa shape index (κ1) is 38.1. The smallest absolute Gasteiger partial charge is 0.197 e. The molecule has 319 valence electrons. The molecule has 8 aromatic carbocycles. The number of nitrogens with one attached hydrogen (secondary N) is 1. The highest BCUT2D eigenvalue weighted by Gasteiger charge is 2.38. The highest BCUT2D eigenvalue weighted by molar-refractivity contribution is 6.74. The number of hydrogen-bond donors (Lipinski definition) is 1. The topological polar surface area (TPSA) is 56.4 Å². The van der Waals surface area contributed by atoms with Gasteiger partial charge in [-0.2, -0.15) is 0 Å². The van der Waals surface area contributed by atoms with E-state index in [0.29, 0.717) is 0 Å². The maximum absolute atomic E-state index is 6.92. The van der Waals surface area contributed by atoms with Crippen molar-refractivity contribution < 1.29 is 13.3 Å². The van der Waals surface area contributed by atoms with E-state index >= 15 is 0 Å². The average Bonchev–Trinajstić information content (AvgIpc) is 4.05. The van der Waals surface area contributed by atoms with Gasteiger partial charge in [0.2, 0.25) is 0 Å². The average molecular weight is 856 g/mol. The van der Waals surface area contributed by atoms with E-state index in [2.05, 4.69) is 193 Å². The number of nitrogens with zero attached hydrogens (tertiary/aromatic N) is 1. The zero-order chi connectivity index (χ0) is 44.6. The number of furan rings is 3. The Hall–Kier alpha value is -7.18. The monoisotopic (exact) mass is 855 g/mol. The molecule has 0 amide bonds. The van der Waals surface area contributed by atoms with Gasteiger partial charge in [0.25, 0.3) is 0 Å². The molecule has 0 atom stereocenters. The summed E-state index contributed by atoms with van der Waals surface area (Å²) in [5.41, 5.74) is 19.7. The fourth-order valence-corrected chi connectivity index (χ4v) is 11.7. The molecule has 0 saturated heterocycles. The summed E-state index contributed by atoms with van der Waals surface area (Å²) in [5.74, 6) is 0. The first-order valence-corrected chi connectivity index (χ1v) is 23.4. The fraction of sp³-hybridized carbons (Fsp3) is 0.200. The van der Waals surface area contributed by atoms with Crippen molar-refractivity contribution in [3.8, 4) is 16.8 Å². The van der Waals surface area contributed by atoms with Crippen LogP contribution in [0.1, 0.15) is 78.0 Å². The highest BCUT2D eigenvalue weighted by Crippen LogP contribution is 2.50. The van der Waals surface area contributed by atoms with Gasteiger partial charge >= 0.3 is 0 Å². The van der Waals surface area contributed by atoms with Gasteiger partial charge in [-0.1, -0.05) is 121 Å². The van der Waals surface area contributed by atoms with Crippen molar-refractivity contribution in [3.63, 3.8) is 0 Å². The Balaban J connectivity index is 1.08. The van der Waals surface area contributed by atoms with E-state index in [0.717, 1.165) is 112 Å². The molecule has 4 aromatic heterocycles. The molecular formula is C60H48BN2O3. The predicted molar refractivity (Wildman–Crippen MR) is 277 cm³/mol. The van der Waals surface area contributed by atoms with Crippen LogP contribution >= 0.6 is 0 Å².